The van der Waals surface area contributed by atoms with Gasteiger partial charge in [-0.25, -0.2) is 4.98 Å². The molecule has 2 aromatic carbocycles. The summed E-state index contributed by atoms with van der Waals surface area (Å²) >= 11 is 1.27. The Morgan fingerprint density at radius 1 is 1.15 bits per heavy atom. The number of aromatic nitrogens is 2. The van der Waals surface area contributed by atoms with Gasteiger partial charge in [0, 0.05) is 25.2 Å². The summed E-state index contributed by atoms with van der Waals surface area (Å²) in [5, 5.41) is 4.04. The number of carbonyl (C=O) groups is 1. The number of amides is 1. The minimum Gasteiger partial charge on any atom is -0.495 e. The van der Waals surface area contributed by atoms with Crippen LogP contribution in [0.25, 0.3) is 10.9 Å². The Morgan fingerprint density at radius 3 is 2.53 bits per heavy atom. The maximum Gasteiger partial charge on any atom is 0.262 e. The number of hydrogen-bond donors (Lipinski definition) is 1. The lowest BCUT2D eigenvalue weighted by Crippen LogP contribution is -2.40. The zero-order chi connectivity index (χ0) is 24.8. The van der Waals surface area contributed by atoms with E-state index in [1.165, 1.54) is 11.8 Å². The zero-order valence-electron chi connectivity index (χ0n) is 20.8. The lowest BCUT2D eigenvalue weighted by Gasteiger charge is -2.30. The summed E-state index contributed by atoms with van der Waals surface area (Å²) in [6.07, 6.45) is 0. The van der Waals surface area contributed by atoms with Gasteiger partial charge in [0.05, 0.1) is 29.5 Å². The summed E-state index contributed by atoms with van der Waals surface area (Å²) in [4.78, 5) is 33.2. The highest BCUT2D eigenvalue weighted by Crippen LogP contribution is 2.26. The van der Waals surface area contributed by atoms with Crippen LogP contribution < -0.4 is 15.6 Å². The molecule has 0 aliphatic carbocycles. The van der Waals surface area contributed by atoms with Gasteiger partial charge < -0.3 is 10.1 Å². The quantitative estimate of drug-likeness (QED) is 0.337. The first kappa shape index (κ1) is 25.8. The minimum atomic E-state index is -0.186. The van der Waals surface area contributed by atoms with E-state index in [0.29, 0.717) is 46.1 Å². The van der Waals surface area contributed by atoms with Crippen molar-refractivity contribution < 1.29 is 9.53 Å². The number of hydrogen-bond acceptors (Lipinski definition) is 6. The SMILES string of the molecule is COc1ccc(C)cc1NC(=O)CSc1nc2ccccc2c(=O)n1CCN(C(C)C)C(C)C. The predicted molar refractivity (Wildman–Crippen MR) is 140 cm³/mol. The number of anilines is 1. The molecule has 0 spiro atoms. The van der Waals surface area contributed by atoms with E-state index in [4.69, 9.17) is 9.72 Å². The molecule has 0 radical (unpaired) electrons. The van der Waals surface area contributed by atoms with E-state index in [1.54, 1.807) is 17.7 Å². The molecule has 182 valence electrons. The molecule has 0 bridgehead atoms. The zero-order valence-corrected chi connectivity index (χ0v) is 21.6. The minimum absolute atomic E-state index is 0.0821. The molecule has 1 heterocycles. The second-order valence-electron chi connectivity index (χ2n) is 8.83. The van der Waals surface area contributed by atoms with Gasteiger partial charge >= 0.3 is 0 Å². The Balaban J connectivity index is 1.84. The number of aryl methyl sites for hydroxylation is 1. The van der Waals surface area contributed by atoms with Crippen molar-refractivity contribution in [1.82, 2.24) is 14.5 Å². The van der Waals surface area contributed by atoms with Crippen LogP contribution in [0.15, 0.2) is 52.4 Å². The maximum atomic E-state index is 13.3. The van der Waals surface area contributed by atoms with Crippen LogP contribution in [0, 0.1) is 6.92 Å². The third-order valence-corrected chi connectivity index (χ3v) is 6.67. The Morgan fingerprint density at radius 2 is 1.85 bits per heavy atom. The van der Waals surface area contributed by atoms with E-state index in [0.717, 1.165) is 12.1 Å². The van der Waals surface area contributed by atoms with Crippen molar-refractivity contribution in [2.24, 2.45) is 0 Å². The first-order valence-corrected chi connectivity index (χ1v) is 12.5. The Hall–Kier alpha value is -2.84. The van der Waals surface area contributed by atoms with Crippen molar-refractivity contribution in [2.45, 2.75) is 58.4 Å². The van der Waals surface area contributed by atoms with Crippen LogP contribution in [0.5, 0.6) is 5.75 Å². The van der Waals surface area contributed by atoms with Gasteiger partial charge in [-0.2, -0.15) is 0 Å². The second-order valence-corrected chi connectivity index (χ2v) is 9.78. The van der Waals surface area contributed by atoms with Crippen LogP contribution in [0.3, 0.4) is 0 Å². The third-order valence-electron chi connectivity index (χ3n) is 5.70. The second kappa shape index (κ2) is 11.5. The number of carbonyl (C=O) groups excluding carboxylic acids is 1. The van der Waals surface area contributed by atoms with Gasteiger partial charge in [0.2, 0.25) is 5.91 Å². The number of benzene rings is 2. The summed E-state index contributed by atoms with van der Waals surface area (Å²) in [5.74, 6) is 0.543. The van der Waals surface area contributed by atoms with Crippen molar-refractivity contribution in [3.8, 4) is 5.75 Å². The third kappa shape index (κ3) is 6.18. The molecule has 0 saturated heterocycles. The molecule has 0 aliphatic heterocycles. The first-order chi connectivity index (χ1) is 16.2. The van der Waals surface area contributed by atoms with Crippen LogP contribution in [0.2, 0.25) is 0 Å². The highest BCUT2D eigenvalue weighted by Gasteiger charge is 2.18. The van der Waals surface area contributed by atoms with E-state index in [1.807, 2.05) is 43.3 Å². The molecule has 1 aromatic heterocycles. The standard InChI is InChI=1S/C26H34N4O3S/c1-17(2)29(18(3)4)13-14-30-25(32)20-9-7-8-10-21(20)28-26(30)34-16-24(31)27-22-15-19(5)11-12-23(22)33-6/h7-12,15,17-18H,13-14,16H2,1-6H3,(H,27,31). The van der Waals surface area contributed by atoms with Crippen molar-refractivity contribution in [1.29, 1.82) is 0 Å². The molecule has 8 heteroatoms. The molecule has 0 atom stereocenters. The molecule has 0 unspecified atom stereocenters. The fourth-order valence-corrected chi connectivity index (χ4v) is 4.84. The van der Waals surface area contributed by atoms with Gasteiger partial charge in [-0.3, -0.25) is 19.1 Å². The number of thioether (sulfide) groups is 1. The molecule has 3 rings (SSSR count). The van der Waals surface area contributed by atoms with E-state index in [9.17, 15) is 9.59 Å². The molecular weight excluding hydrogens is 448 g/mol. The van der Waals surface area contributed by atoms with Crippen LogP contribution in [0.4, 0.5) is 5.69 Å². The molecular formula is C26H34N4O3S. The average Bonchev–Trinajstić information content (AvgIpc) is 2.79. The average molecular weight is 483 g/mol. The molecule has 34 heavy (non-hydrogen) atoms. The molecule has 7 nitrogen and oxygen atoms in total. The number of fused-ring (bicyclic) bond motifs is 1. The lowest BCUT2D eigenvalue weighted by molar-refractivity contribution is -0.113. The number of nitrogens with zero attached hydrogens (tertiary/aromatic N) is 3. The molecule has 3 aromatic rings. The summed E-state index contributed by atoms with van der Waals surface area (Å²) in [6, 6.07) is 13.7. The highest BCUT2D eigenvalue weighted by atomic mass is 32.2. The predicted octanol–water partition coefficient (Wildman–Crippen LogP) is 4.56. The monoisotopic (exact) mass is 482 g/mol. The van der Waals surface area contributed by atoms with Gasteiger partial charge in [0.1, 0.15) is 5.75 Å². The summed E-state index contributed by atoms with van der Waals surface area (Å²) in [7, 11) is 1.57. The van der Waals surface area contributed by atoms with Gasteiger partial charge in [0.15, 0.2) is 5.16 Å². The van der Waals surface area contributed by atoms with E-state index < -0.39 is 0 Å². The molecule has 0 fully saturated rings. The summed E-state index contributed by atoms with van der Waals surface area (Å²) in [5.41, 5.74) is 2.20. The topological polar surface area (TPSA) is 76.5 Å². The molecule has 0 aliphatic rings. The number of methoxy groups -OCH3 is 1. The van der Waals surface area contributed by atoms with Gasteiger partial charge in [-0.15, -0.1) is 0 Å². The van der Waals surface area contributed by atoms with Gasteiger partial charge in [0.25, 0.3) is 5.56 Å². The smallest absolute Gasteiger partial charge is 0.262 e. The van der Waals surface area contributed by atoms with Crippen molar-refractivity contribution in [2.75, 3.05) is 24.7 Å². The number of rotatable bonds is 10. The Kier molecular flexibility index (Phi) is 8.74. The Bertz CT molecular complexity index is 1200. The van der Waals surface area contributed by atoms with E-state index in [2.05, 4.69) is 37.9 Å². The maximum absolute atomic E-state index is 13.3. The number of ether oxygens (including phenoxy) is 1. The van der Waals surface area contributed by atoms with E-state index in [-0.39, 0.29) is 17.2 Å². The van der Waals surface area contributed by atoms with Crippen molar-refractivity contribution >= 4 is 34.3 Å². The lowest BCUT2D eigenvalue weighted by atomic mass is 10.2. The van der Waals surface area contributed by atoms with Crippen LogP contribution >= 0.6 is 11.8 Å². The van der Waals surface area contributed by atoms with Crippen molar-refractivity contribution in [3.05, 3.63) is 58.4 Å². The van der Waals surface area contributed by atoms with E-state index >= 15 is 0 Å². The normalized spacial score (nSPS) is 11.6. The molecule has 1 amide bonds. The largest absolute Gasteiger partial charge is 0.495 e. The van der Waals surface area contributed by atoms with Crippen molar-refractivity contribution in [3.63, 3.8) is 0 Å². The van der Waals surface area contributed by atoms with Crippen LogP contribution in [-0.2, 0) is 11.3 Å². The van der Waals surface area contributed by atoms with Crippen LogP contribution in [0.1, 0.15) is 33.3 Å². The highest BCUT2D eigenvalue weighted by molar-refractivity contribution is 7.99. The molecule has 1 N–H and O–H groups in total. The summed E-state index contributed by atoms with van der Waals surface area (Å²) < 4.78 is 7.06. The summed E-state index contributed by atoms with van der Waals surface area (Å²) in [6.45, 7) is 11.8. The van der Waals surface area contributed by atoms with Crippen LogP contribution in [-0.4, -0.2) is 51.8 Å². The fraction of sp³-hybridized carbons (Fsp3) is 0.423. The van der Waals surface area contributed by atoms with Gasteiger partial charge in [-0.1, -0.05) is 30.0 Å². The number of para-hydroxylation sites is 1. The van der Waals surface area contributed by atoms with Gasteiger partial charge in [-0.05, 0) is 64.4 Å². The molecule has 0 saturated carbocycles. The number of nitrogens with one attached hydrogen (secondary N) is 1. The Labute approximate surface area is 205 Å². The fourth-order valence-electron chi connectivity index (χ4n) is 4.02. The first-order valence-electron chi connectivity index (χ1n) is 11.5.